The number of carbonyl (C=O) groups is 2. The molecule has 4 aliphatic rings. The molecule has 0 saturated heterocycles. The first-order valence-corrected chi connectivity index (χ1v) is 9.50. The van der Waals surface area contributed by atoms with E-state index < -0.39 is 0 Å². The highest BCUT2D eigenvalue weighted by Crippen LogP contribution is 2.67. The van der Waals surface area contributed by atoms with E-state index in [-0.39, 0.29) is 27.6 Å². The van der Waals surface area contributed by atoms with E-state index in [0.717, 1.165) is 36.8 Å². The van der Waals surface area contributed by atoms with E-state index in [1.165, 1.54) is 0 Å². The molecule has 130 valence electrons. The minimum absolute atomic E-state index is 0.0358. The Morgan fingerprint density at radius 1 is 0.792 bits per heavy atom. The zero-order chi connectivity index (χ0) is 17.7. The van der Waals surface area contributed by atoms with E-state index in [1.54, 1.807) is 0 Å². The van der Waals surface area contributed by atoms with Gasteiger partial charge in [0.25, 0.3) is 0 Å². The summed E-state index contributed by atoms with van der Waals surface area (Å²) in [6.07, 6.45) is 8.26. The summed E-state index contributed by atoms with van der Waals surface area (Å²) in [7, 11) is 0. The van der Waals surface area contributed by atoms with Crippen molar-refractivity contribution in [3.63, 3.8) is 0 Å². The van der Waals surface area contributed by atoms with Crippen LogP contribution in [-0.4, -0.2) is 11.6 Å². The van der Waals surface area contributed by atoms with Gasteiger partial charge in [-0.15, -0.1) is 0 Å². The summed E-state index contributed by atoms with van der Waals surface area (Å²) >= 11 is 0. The molecule has 0 radical (unpaired) electrons. The number of carbonyl (C=O) groups excluding carboxylic acids is 2. The normalized spacial score (nSPS) is 48.2. The third-order valence-corrected chi connectivity index (χ3v) is 9.20. The number of fused-ring (bicyclic) bond motifs is 4. The van der Waals surface area contributed by atoms with Gasteiger partial charge in [0.15, 0.2) is 11.6 Å². The molecule has 4 bridgehead atoms. The maximum Gasteiger partial charge on any atom is 0.165 e. The molecule has 0 aromatic rings. The summed E-state index contributed by atoms with van der Waals surface area (Å²) in [4.78, 5) is 25.8. The Balaban J connectivity index is 1.76. The fraction of sp³-hybridized carbons (Fsp3) is 0.727. The monoisotopic (exact) mass is 326 g/mol. The van der Waals surface area contributed by atoms with Crippen LogP contribution < -0.4 is 0 Å². The number of hydrogen-bond acceptors (Lipinski definition) is 2. The van der Waals surface area contributed by atoms with Crippen molar-refractivity contribution in [3.05, 3.63) is 23.3 Å². The van der Waals surface area contributed by atoms with Gasteiger partial charge in [-0.1, -0.05) is 53.7 Å². The van der Waals surface area contributed by atoms with Gasteiger partial charge in [-0.2, -0.15) is 0 Å². The predicted octanol–water partition coefficient (Wildman–Crippen LogP) is 4.89. The minimum Gasteiger partial charge on any atom is -0.294 e. The quantitative estimate of drug-likeness (QED) is 0.643. The van der Waals surface area contributed by atoms with Crippen LogP contribution in [0.2, 0.25) is 0 Å². The summed E-state index contributed by atoms with van der Waals surface area (Å²) in [6.45, 7) is 13.3. The first kappa shape index (κ1) is 16.3. The Hall–Kier alpha value is -1.18. The maximum absolute atomic E-state index is 13.0. The molecule has 0 aromatic heterocycles. The molecule has 4 rings (SSSR count). The molecule has 0 aliphatic heterocycles. The second-order valence-corrected chi connectivity index (χ2v) is 10.2. The lowest BCUT2D eigenvalue weighted by Gasteiger charge is -2.34. The van der Waals surface area contributed by atoms with Gasteiger partial charge < -0.3 is 0 Å². The van der Waals surface area contributed by atoms with Gasteiger partial charge in [0.1, 0.15) is 0 Å². The van der Waals surface area contributed by atoms with Crippen LogP contribution in [0.5, 0.6) is 0 Å². The van der Waals surface area contributed by atoms with Crippen molar-refractivity contribution >= 4 is 11.6 Å². The molecule has 0 spiro atoms. The van der Waals surface area contributed by atoms with Crippen LogP contribution in [0.1, 0.15) is 67.2 Å². The van der Waals surface area contributed by atoms with Crippen molar-refractivity contribution in [1.82, 2.24) is 0 Å². The zero-order valence-corrected chi connectivity index (χ0v) is 16.0. The second kappa shape index (κ2) is 4.31. The fourth-order valence-electron chi connectivity index (χ4n) is 6.46. The van der Waals surface area contributed by atoms with Crippen LogP contribution in [0.15, 0.2) is 23.3 Å². The van der Waals surface area contributed by atoms with Gasteiger partial charge in [0, 0.05) is 22.3 Å². The lowest BCUT2D eigenvalue weighted by atomic mass is 9.69. The van der Waals surface area contributed by atoms with E-state index in [1.807, 2.05) is 12.2 Å². The predicted molar refractivity (Wildman–Crippen MR) is 95.4 cm³/mol. The SMILES string of the molecule is CC1(C)[C@H]2CC[C@@]1(C)C(=O)/C2=C\C=C1\C(=O)[C@@H]2CC[C@]1(C)C2(C)C. The van der Waals surface area contributed by atoms with Crippen LogP contribution in [0.4, 0.5) is 0 Å². The molecule has 0 heterocycles. The summed E-state index contributed by atoms with van der Waals surface area (Å²) in [5.74, 6) is 1.16. The molecule has 0 amide bonds. The van der Waals surface area contributed by atoms with Crippen LogP contribution in [-0.2, 0) is 9.59 Å². The molecule has 0 aromatic carbocycles. The summed E-state index contributed by atoms with van der Waals surface area (Å²) in [5.41, 5.74) is 1.76. The lowest BCUT2D eigenvalue weighted by molar-refractivity contribution is -0.125. The molecule has 0 unspecified atom stereocenters. The van der Waals surface area contributed by atoms with E-state index in [4.69, 9.17) is 0 Å². The van der Waals surface area contributed by atoms with Crippen molar-refractivity contribution in [2.45, 2.75) is 67.2 Å². The number of ketones is 2. The lowest BCUT2D eigenvalue weighted by Crippen LogP contribution is -2.32. The molecular formula is C22H30O2. The Bertz CT molecular complexity index is 720. The number of Topliss-reactive ketones (excluding diaryl/α,β-unsaturated/α-hetero) is 2. The van der Waals surface area contributed by atoms with E-state index >= 15 is 0 Å². The summed E-state index contributed by atoms with van der Waals surface area (Å²) in [6, 6.07) is 0. The Labute approximate surface area is 145 Å². The average molecular weight is 326 g/mol. The van der Waals surface area contributed by atoms with Crippen molar-refractivity contribution in [1.29, 1.82) is 0 Å². The molecule has 24 heavy (non-hydrogen) atoms. The third kappa shape index (κ3) is 1.50. The largest absolute Gasteiger partial charge is 0.294 e. The molecule has 2 heteroatoms. The highest BCUT2D eigenvalue weighted by Gasteiger charge is 2.65. The van der Waals surface area contributed by atoms with Crippen molar-refractivity contribution in [2.75, 3.05) is 0 Å². The van der Waals surface area contributed by atoms with Gasteiger partial charge in [-0.25, -0.2) is 0 Å². The Morgan fingerprint density at radius 2 is 1.33 bits per heavy atom. The number of hydrogen-bond donors (Lipinski definition) is 0. The van der Waals surface area contributed by atoms with Gasteiger partial charge in [0.05, 0.1) is 0 Å². The third-order valence-electron chi connectivity index (χ3n) is 9.20. The summed E-state index contributed by atoms with van der Waals surface area (Å²) in [5, 5.41) is 0. The molecular weight excluding hydrogens is 296 g/mol. The first-order chi connectivity index (χ1) is 11.0. The number of allylic oxidation sites excluding steroid dienone is 4. The highest BCUT2D eigenvalue weighted by atomic mass is 16.1. The van der Waals surface area contributed by atoms with E-state index in [9.17, 15) is 9.59 Å². The maximum atomic E-state index is 13.0. The molecule has 4 saturated carbocycles. The summed E-state index contributed by atoms with van der Waals surface area (Å²) < 4.78 is 0. The van der Waals surface area contributed by atoms with Crippen LogP contribution in [0, 0.1) is 33.5 Å². The first-order valence-electron chi connectivity index (χ1n) is 9.50. The van der Waals surface area contributed by atoms with Gasteiger partial charge >= 0.3 is 0 Å². The minimum atomic E-state index is -0.218. The van der Waals surface area contributed by atoms with E-state index in [2.05, 4.69) is 41.5 Å². The van der Waals surface area contributed by atoms with Crippen molar-refractivity contribution < 1.29 is 9.59 Å². The van der Waals surface area contributed by atoms with Gasteiger partial charge in [-0.3, -0.25) is 9.59 Å². The van der Waals surface area contributed by atoms with Crippen molar-refractivity contribution in [2.24, 2.45) is 33.5 Å². The smallest absolute Gasteiger partial charge is 0.165 e. The van der Waals surface area contributed by atoms with Crippen LogP contribution in [0.3, 0.4) is 0 Å². The standard InChI is InChI=1S/C22H30O2/c1-19(2)14-9-12-22(19,6)18(24)13(14)7-8-16-17(23)15-10-11-21(16,5)20(15,3)4/h7-8,14-15H,9-12H2,1-6H3/b13-7-,16-8-/t14-,15-,21-,22-/m0/s1. The van der Waals surface area contributed by atoms with Crippen LogP contribution >= 0.6 is 0 Å². The second-order valence-electron chi connectivity index (χ2n) is 10.2. The van der Waals surface area contributed by atoms with E-state index in [0.29, 0.717) is 17.5 Å². The van der Waals surface area contributed by atoms with Gasteiger partial charge in [-0.05, 0) is 48.0 Å². The average Bonchev–Trinajstić information content (AvgIpc) is 2.96. The zero-order valence-electron chi connectivity index (χ0n) is 16.0. The molecule has 4 aliphatic carbocycles. The van der Waals surface area contributed by atoms with Crippen LogP contribution in [0.25, 0.3) is 0 Å². The molecule has 2 nitrogen and oxygen atoms in total. The number of rotatable bonds is 1. The van der Waals surface area contributed by atoms with Crippen molar-refractivity contribution in [3.8, 4) is 0 Å². The Kier molecular flexibility index (Phi) is 2.93. The van der Waals surface area contributed by atoms with Gasteiger partial charge in [0.2, 0.25) is 0 Å². The Morgan fingerprint density at radius 3 is 1.83 bits per heavy atom. The molecule has 4 atom stereocenters. The molecule has 4 fully saturated rings. The fourth-order valence-corrected chi connectivity index (χ4v) is 6.46. The highest BCUT2D eigenvalue weighted by molar-refractivity contribution is 6.06. The molecule has 0 N–H and O–H groups in total. The topological polar surface area (TPSA) is 34.1 Å².